The van der Waals surface area contributed by atoms with Crippen LogP contribution < -0.4 is 0 Å². The van der Waals surface area contributed by atoms with E-state index >= 15 is 0 Å². The molecule has 2 rings (SSSR count). The molecule has 1 amide bonds. The Bertz CT molecular complexity index is 388. The monoisotopic (exact) mass is 223 g/mol. The van der Waals surface area contributed by atoms with Crippen LogP contribution in [0.5, 0.6) is 0 Å². The quantitative estimate of drug-likeness (QED) is 0.829. The first-order valence-corrected chi connectivity index (χ1v) is 5.36. The van der Waals surface area contributed by atoms with Gasteiger partial charge in [-0.3, -0.25) is 4.79 Å². The summed E-state index contributed by atoms with van der Waals surface area (Å²) in [6.07, 6.45) is 0.337. The molecule has 1 aliphatic rings. The molecule has 0 aliphatic carbocycles. The van der Waals surface area contributed by atoms with Crippen molar-refractivity contribution in [3.05, 3.63) is 35.6 Å². The molecule has 0 radical (unpaired) electrons. The number of β-amino-alcohol motifs (C(OH)–C–C–N with tert-alkyl or cyclic N) is 1. The van der Waals surface area contributed by atoms with Crippen LogP contribution >= 0.6 is 0 Å². The maximum Gasteiger partial charge on any atom is 0.223 e. The number of rotatable bonds is 3. The number of carbonyl (C=O) groups is 1. The Morgan fingerprint density at radius 2 is 2.12 bits per heavy atom. The highest BCUT2D eigenvalue weighted by Gasteiger charge is 2.28. The van der Waals surface area contributed by atoms with Gasteiger partial charge in [-0.1, -0.05) is 18.2 Å². The van der Waals surface area contributed by atoms with Crippen LogP contribution in [0.4, 0.5) is 4.39 Å². The number of aryl methyl sites for hydroxylation is 1. The molecule has 1 saturated heterocycles. The molecule has 1 aromatic carbocycles. The molecule has 1 aromatic rings. The normalized spacial score (nSPS) is 16.0. The number of hydrogen-bond donors (Lipinski definition) is 1. The lowest BCUT2D eigenvalue weighted by Crippen LogP contribution is -2.53. The van der Waals surface area contributed by atoms with Crippen molar-refractivity contribution in [3.63, 3.8) is 0 Å². The Hall–Kier alpha value is -1.42. The average Bonchev–Trinajstić information content (AvgIpc) is 2.23. The summed E-state index contributed by atoms with van der Waals surface area (Å²) < 4.78 is 13.2. The van der Waals surface area contributed by atoms with Crippen molar-refractivity contribution in [3.8, 4) is 0 Å². The van der Waals surface area contributed by atoms with Crippen molar-refractivity contribution in [2.75, 3.05) is 13.1 Å². The summed E-state index contributed by atoms with van der Waals surface area (Å²) in [6, 6.07) is 6.48. The number of benzene rings is 1. The Labute approximate surface area is 93.5 Å². The van der Waals surface area contributed by atoms with Crippen molar-refractivity contribution in [1.82, 2.24) is 4.90 Å². The van der Waals surface area contributed by atoms with E-state index in [1.807, 2.05) is 0 Å². The lowest BCUT2D eigenvalue weighted by molar-refractivity contribution is -0.141. The van der Waals surface area contributed by atoms with Crippen LogP contribution in [-0.4, -0.2) is 35.1 Å². The van der Waals surface area contributed by atoms with E-state index in [9.17, 15) is 9.18 Å². The molecule has 1 aliphatic heterocycles. The standard InChI is InChI=1S/C12H14FNO2/c13-11-4-2-1-3-9(11)5-6-12(16)14-7-10(15)8-14/h1-4,10,15H,5-8H2. The van der Waals surface area contributed by atoms with Crippen molar-refractivity contribution in [2.24, 2.45) is 0 Å². The molecule has 0 atom stereocenters. The third-order valence-electron chi connectivity index (χ3n) is 2.78. The molecule has 0 unspecified atom stereocenters. The zero-order valence-electron chi connectivity index (χ0n) is 8.90. The van der Waals surface area contributed by atoms with Gasteiger partial charge in [-0.05, 0) is 18.1 Å². The SMILES string of the molecule is O=C(CCc1ccccc1F)N1CC(O)C1. The molecule has 0 saturated carbocycles. The van der Waals surface area contributed by atoms with Gasteiger partial charge < -0.3 is 10.0 Å². The fourth-order valence-electron chi connectivity index (χ4n) is 1.76. The number of hydrogen-bond acceptors (Lipinski definition) is 2. The number of likely N-dealkylation sites (tertiary alicyclic amines) is 1. The topological polar surface area (TPSA) is 40.5 Å². The minimum absolute atomic E-state index is 0.0199. The van der Waals surface area contributed by atoms with E-state index in [0.29, 0.717) is 31.5 Å². The maximum atomic E-state index is 13.2. The van der Waals surface area contributed by atoms with Crippen molar-refractivity contribution >= 4 is 5.91 Å². The third kappa shape index (κ3) is 2.39. The predicted molar refractivity (Wildman–Crippen MR) is 57.3 cm³/mol. The largest absolute Gasteiger partial charge is 0.389 e. The molecule has 4 heteroatoms. The maximum absolute atomic E-state index is 13.2. The first-order valence-electron chi connectivity index (χ1n) is 5.36. The second kappa shape index (κ2) is 4.61. The molecule has 86 valence electrons. The fourth-order valence-corrected chi connectivity index (χ4v) is 1.76. The van der Waals surface area contributed by atoms with E-state index in [1.165, 1.54) is 6.07 Å². The van der Waals surface area contributed by atoms with E-state index in [2.05, 4.69) is 0 Å². The van der Waals surface area contributed by atoms with Crippen LogP contribution in [0.2, 0.25) is 0 Å². The van der Waals surface area contributed by atoms with Crippen LogP contribution in [0.1, 0.15) is 12.0 Å². The van der Waals surface area contributed by atoms with Crippen LogP contribution in [0.3, 0.4) is 0 Å². The first kappa shape index (κ1) is 11.1. The molecule has 0 aromatic heterocycles. The molecule has 1 heterocycles. The summed E-state index contributed by atoms with van der Waals surface area (Å²) in [5.41, 5.74) is 0.567. The van der Waals surface area contributed by atoms with Gasteiger partial charge in [0.1, 0.15) is 5.82 Å². The number of carbonyl (C=O) groups excluding carboxylic acids is 1. The van der Waals surface area contributed by atoms with Gasteiger partial charge in [0, 0.05) is 19.5 Å². The minimum Gasteiger partial charge on any atom is -0.389 e. The van der Waals surface area contributed by atoms with Crippen molar-refractivity contribution < 1.29 is 14.3 Å². The fraction of sp³-hybridized carbons (Fsp3) is 0.417. The highest BCUT2D eigenvalue weighted by molar-refractivity contribution is 5.77. The number of amides is 1. The molecular weight excluding hydrogens is 209 g/mol. The Balaban J connectivity index is 1.83. The summed E-state index contributed by atoms with van der Waals surface area (Å²) in [4.78, 5) is 13.1. The van der Waals surface area contributed by atoms with Gasteiger partial charge in [0.05, 0.1) is 6.10 Å². The van der Waals surface area contributed by atoms with Gasteiger partial charge in [-0.2, -0.15) is 0 Å². The number of aliphatic hydroxyl groups excluding tert-OH is 1. The summed E-state index contributed by atoms with van der Waals surface area (Å²) in [7, 11) is 0. The van der Waals surface area contributed by atoms with E-state index in [4.69, 9.17) is 5.11 Å². The lowest BCUT2D eigenvalue weighted by atomic mass is 10.1. The molecule has 3 nitrogen and oxygen atoms in total. The predicted octanol–water partition coefficient (Wildman–Crippen LogP) is 0.961. The van der Waals surface area contributed by atoms with Gasteiger partial charge in [-0.15, -0.1) is 0 Å². The van der Waals surface area contributed by atoms with Crippen LogP contribution in [0.25, 0.3) is 0 Å². The lowest BCUT2D eigenvalue weighted by Gasteiger charge is -2.35. The third-order valence-corrected chi connectivity index (χ3v) is 2.78. The first-order chi connectivity index (χ1) is 7.66. The molecule has 1 N–H and O–H groups in total. The Kier molecular flexibility index (Phi) is 3.19. The van der Waals surface area contributed by atoms with Gasteiger partial charge in [-0.25, -0.2) is 4.39 Å². The number of aliphatic hydroxyl groups is 1. The Morgan fingerprint density at radius 1 is 1.44 bits per heavy atom. The minimum atomic E-state index is -0.377. The smallest absolute Gasteiger partial charge is 0.223 e. The van der Waals surface area contributed by atoms with Crippen molar-refractivity contribution in [1.29, 1.82) is 0 Å². The van der Waals surface area contributed by atoms with Crippen LogP contribution in [0.15, 0.2) is 24.3 Å². The van der Waals surface area contributed by atoms with Gasteiger partial charge in [0.15, 0.2) is 0 Å². The molecule has 1 fully saturated rings. The zero-order chi connectivity index (χ0) is 11.5. The summed E-state index contributed by atoms with van der Waals surface area (Å²) in [5, 5.41) is 9.04. The second-order valence-corrected chi connectivity index (χ2v) is 4.04. The van der Waals surface area contributed by atoms with Gasteiger partial charge >= 0.3 is 0 Å². The van der Waals surface area contributed by atoms with Gasteiger partial charge in [0.2, 0.25) is 5.91 Å². The summed E-state index contributed by atoms with van der Waals surface area (Å²) in [5.74, 6) is -0.285. The average molecular weight is 223 g/mol. The molecular formula is C12H14FNO2. The van der Waals surface area contributed by atoms with Crippen molar-refractivity contribution in [2.45, 2.75) is 18.9 Å². The second-order valence-electron chi connectivity index (χ2n) is 4.04. The molecule has 16 heavy (non-hydrogen) atoms. The zero-order valence-corrected chi connectivity index (χ0v) is 8.90. The summed E-state index contributed by atoms with van der Waals surface area (Å²) >= 11 is 0. The highest BCUT2D eigenvalue weighted by Crippen LogP contribution is 2.13. The Morgan fingerprint density at radius 3 is 2.75 bits per heavy atom. The van der Waals surface area contributed by atoms with E-state index in [-0.39, 0.29) is 17.8 Å². The van der Waals surface area contributed by atoms with Gasteiger partial charge in [0.25, 0.3) is 0 Å². The summed E-state index contributed by atoms with van der Waals surface area (Å²) in [6.45, 7) is 0.826. The number of halogens is 1. The molecule has 0 bridgehead atoms. The van der Waals surface area contributed by atoms with E-state index in [1.54, 1.807) is 23.1 Å². The highest BCUT2D eigenvalue weighted by atomic mass is 19.1. The number of nitrogens with zero attached hydrogens (tertiary/aromatic N) is 1. The van der Waals surface area contributed by atoms with Crippen LogP contribution in [0, 0.1) is 5.82 Å². The van der Waals surface area contributed by atoms with Crippen LogP contribution in [-0.2, 0) is 11.2 Å². The van der Waals surface area contributed by atoms with E-state index < -0.39 is 0 Å². The molecule has 0 spiro atoms. The van der Waals surface area contributed by atoms with E-state index in [0.717, 1.165) is 0 Å².